The van der Waals surface area contributed by atoms with E-state index < -0.39 is 0 Å². The third kappa shape index (κ3) is 4.44. The number of fused-ring (bicyclic) bond motifs is 1. The Morgan fingerprint density at radius 2 is 1.96 bits per heavy atom. The van der Waals surface area contributed by atoms with Crippen LogP contribution in [-0.2, 0) is 13.1 Å². The summed E-state index contributed by atoms with van der Waals surface area (Å²) in [5, 5.41) is 2.74. The number of hydrogen-bond acceptors (Lipinski definition) is 1. The van der Waals surface area contributed by atoms with Gasteiger partial charge in [-0.25, -0.2) is 9.18 Å². The molecule has 1 aromatic rings. The van der Waals surface area contributed by atoms with Gasteiger partial charge in [0.15, 0.2) is 0 Å². The molecule has 0 aliphatic carbocycles. The van der Waals surface area contributed by atoms with E-state index in [9.17, 15) is 9.18 Å². The van der Waals surface area contributed by atoms with Gasteiger partial charge in [-0.3, -0.25) is 0 Å². The van der Waals surface area contributed by atoms with E-state index in [1.165, 1.54) is 12.1 Å². The number of nitrogens with zero attached hydrogens (tertiary/aromatic N) is 1. The van der Waals surface area contributed by atoms with Crippen LogP contribution >= 0.6 is 0 Å². The van der Waals surface area contributed by atoms with Gasteiger partial charge in [-0.05, 0) is 46.9 Å². The van der Waals surface area contributed by atoms with Gasteiger partial charge in [-0.2, -0.15) is 0 Å². The van der Waals surface area contributed by atoms with Crippen molar-refractivity contribution in [3.05, 3.63) is 83.9 Å². The van der Waals surface area contributed by atoms with Crippen LogP contribution in [0, 0.1) is 5.82 Å². The van der Waals surface area contributed by atoms with Crippen molar-refractivity contribution in [2.75, 3.05) is 0 Å². The molecule has 1 heterocycles. The molecule has 0 saturated heterocycles. The van der Waals surface area contributed by atoms with Crippen LogP contribution in [0.4, 0.5) is 9.18 Å². The Hall–Kier alpha value is -2.62. The van der Waals surface area contributed by atoms with Crippen LogP contribution in [0.15, 0.2) is 66.9 Å². The molecular weight excluding hydrogens is 303 g/mol. The highest BCUT2D eigenvalue weighted by molar-refractivity contribution is 5.77. The van der Waals surface area contributed by atoms with Gasteiger partial charge in [-0.15, -0.1) is 0 Å². The summed E-state index contributed by atoms with van der Waals surface area (Å²) in [5.41, 5.74) is 4.10. The highest BCUT2D eigenvalue weighted by atomic mass is 19.1. The maximum absolute atomic E-state index is 13.2. The average molecular weight is 326 g/mol. The van der Waals surface area contributed by atoms with Crippen molar-refractivity contribution in [2.45, 2.75) is 32.9 Å². The second-order valence-electron chi connectivity index (χ2n) is 5.94. The SMILES string of the molecule is C=C(/C=C\C(=C)C(=C)CCC)NC(=O)N1Cc2ccc(F)cc2C1. The molecule has 4 heteroatoms. The number of halogens is 1. The summed E-state index contributed by atoms with van der Waals surface area (Å²) < 4.78 is 13.2. The molecule has 3 nitrogen and oxygen atoms in total. The minimum atomic E-state index is -0.283. The number of benzene rings is 1. The maximum Gasteiger partial charge on any atom is 0.322 e. The highest BCUT2D eigenvalue weighted by Crippen LogP contribution is 2.23. The smallest absolute Gasteiger partial charge is 0.316 e. The molecule has 0 unspecified atom stereocenters. The van der Waals surface area contributed by atoms with Crippen molar-refractivity contribution in [1.82, 2.24) is 10.2 Å². The zero-order chi connectivity index (χ0) is 17.7. The summed E-state index contributed by atoms with van der Waals surface area (Å²) >= 11 is 0. The minimum Gasteiger partial charge on any atom is -0.316 e. The van der Waals surface area contributed by atoms with Crippen LogP contribution in [-0.4, -0.2) is 10.9 Å². The van der Waals surface area contributed by atoms with Crippen molar-refractivity contribution in [2.24, 2.45) is 0 Å². The van der Waals surface area contributed by atoms with Crippen molar-refractivity contribution in [3.8, 4) is 0 Å². The Morgan fingerprint density at radius 3 is 2.67 bits per heavy atom. The Labute approximate surface area is 142 Å². The molecule has 0 fully saturated rings. The first-order chi connectivity index (χ1) is 11.4. The highest BCUT2D eigenvalue weighted by Gasteiger charge is 2.23. The second kappa shape index (κ2) is 7.77. The van der Waals surface area contributed by atoms with Crippen LogP contribution in [0.2, 0.25) is 0 Å². The summed E-state index contributed by atoms with van der Waals surface area (Å²) in [6.07, 6.45) is 5.42. The fraction of sp³-hybridized carbons (Fsp3) is 0.250. The molecule has 2 rings (SSSR count). The first kappa shape index (κ1) is 17.7. The van der Waals surface area contributed by atoms with Crippen LogP contribution in [0.3, 0.4) is 0 Å². The monoisotopic (exact) mass is 326 g/mol. The standard InChI is InChI=1S/C20H23FN2O/c1-5-6-14(2)15(3)7-8-16(4)22-20(24)23-12-17-9-10-19(21)11-18(17)13-23/h7-11H,2-6,12-13H2,1H3,(H,22,24)/b8-7-. The topological polar surface area (TPSA) is 32.3 Å². The minimum absolute atomic E-state index is 0.251. The molecule has 0 saturated carbocycles. The van der Waals surface area contributed by atoms with E-state index in [0.29, 0.717) is 18.8 Å². The van der Waals surface area contributed by atoms with E-state index in [1.807, 2.05) is 0 Å². The van der Waals surface area contributed by atoms with Gasteiger partial charge in [-0.1, -0.05) is 45.2 Å². The number of carbonyl (C=O) groups is 1. The number of hydrogen-bond donors (Lipinski definition) is 1. The molecule has 0 aromatic heterocycles. The zero-order valence-electron chi connectivity index (χ0n) is 14.1. The lowest BCUT2D eigenvalue weighted by molar-refractivity contribution is 0.201. The van der Waals surface area contributed by atoms with Gasteiger partial charge in [0.1, 0.15) is 5.82 Å². The van der Waals surface area contributed by atoms with Gasteiger partial charge in [0, 0.05) is 18.8 Å². The van der Waals surface area contributed by atoms with Gasteiger partial charge in [0.05, 0.1) is 0 Å². The van der Waals surface area contributed by atoms with E-state index in [2.05, 4.69) is 32.0 Å². The summed E-state index contributed by atoms with van der Waals surface area (Å²) in [7, 11) is 0. The Kier molecular flexibility index (Phi) is 5.74. The lowest BCUT2D eigenvalue weighted by atomic mass is 10.0. The number of nitrogens with one attached hydrogen (secondary N) is 1. The molecule has 126 valence electrons. The normalized spacial score (nSPS) is 13.0. The van der Waals surface area contributed by atoms with Crippen LogP contribution in [0.1, 0.15) is 30.9 Å². The van der Waals surface area contributed by atoms with Crippen LogP contribution in [0.5, 0.6) is 0 Å². The van der Waals surface area contributed by atoms with Gasteiger partial charge < -0.3 is 10.2 Å². The lowest BCUT2D eigenvalue weighted by Gasteiger charge is -2.16. The molecule has 1 N–H and O–H groups in total. The van der Waals surface area contributed by atoms with Crippen molar-refractivity contribution in [1.29, 1.82) is 0 Å². The molecule has 1 aliphatic rings. The Morgan fingerprint density at radius 1 is 1.25 bits per heavy atom. The van der Waals surface area contributed by atoms with Gasteiger partial charge >= 0.3 is 6.03 Å². The molecule has 0 atom stereocenters. The maximum atomic E-state index is 13.2. The molecule has 1 aromatic carbocycles. The Bertz CT molecular complexity index is 718. The summed E-state index contributed by atoms with van der Waals surface area (Å²) in [5.74, 6) is -0.283. The third-order valence-corrected chi connectivity index (χ3v) is 3.94. The lowest BCUT2D eigenvalue weighted by Crippen LogP contribution is -2.35. The second-order valence-corrected chi connectivity index (χ2v) is 5.94. The molecule has 24 heavy (non-hydrogen) atoms. The van der Waals surface area contributed by atoms with Crippen LogP contribution in [0.25, 0.3) is 0 Å². The number of rotatable bonds is 6. The molecule has 0 radical (unpaired) electrons. The number of urea groups is 1. The molecular formula is C20H23FN2O. The predicted octanol–water partition coefficient (Wildman–Crippen LogP) is 4.83. The van der Waals surface area contributed by atoms with Crippen molar-refractivity contribution in [3.63, 3.8) is 0 Å². The van der Waals surface area contributed by atoms with Gasteiger partial charge in [0.2, 0.25) is 0 Å². The van der Waals surface area contributed by atoms with E-state index >= 15 is 0 Å². The fourth-order valence-corrected chi connectivity index (χ4v) is 2.55. The predicted molar refractivity (Wildman–Crippen MR) is 95.6 cm³/mol. The zero-order valence-corrected chi connectivity index (χ0v) is 14.1. The molecule has 0 bridgehead atoms. The quantitative estimate of drug-likeness (QED) is 0.746. The number of carbonyl (C=O) groups excluding carboxylic acids is 1. The van der Waals surface area contributed by atoms with E-state index in [1.54, 1.807) is 23.1 Å². The molecule has 1 aliphatic heterocycles. The van der Waals surface area contributed by atoms with Crippen molar-refractivity contribution >= 4 is 6.03 Å². The molecule has 0 spiro atoms. The van der Waals surface area contributed by atoms with Crippen LogP contribution < -0.4 is 5.32 Å². The summed E-state index contributed by atoms with van der Waals surface area (Å²) in [4.78, 5) is 13.9. The summed E-state index contributed by atoms with van der Waals surface area (Å²) in [6.45, 7) is 14.7. The molecule has 2 amide bonds. The van der Waals surface area contributed by atoms with Gasteiger partial charge in [0.25, 0.3) is 0 Å². The van der Waals surface area contributed by atoms with Crippen molar-refractivity contribution < 1.29 is 9.18 Å². The Balaban J connectivity index is 1.88. The fourth-order valence-electron chi connectivity index (χ4n) is 2.55. The van der Waals surface area contributed by atoms with E-state index in [-0.39, 0.29) is 11.8 Å². The summed E-state index contributed by atoms with van der Waals surface area (Å²) in [6, 6.07) is 4.35. The number of amides is 2. The largest absolute Gasteiger partial charge is 0.322 e. The van der Waals surface area contributed by atoms with E-state index in [0.717, 1.165) is 35.1 Å². The first-order valence-corrected chi connectivity index (χ1v) is 7.98. The van der Waals surface area contributed by atoms with E-state index in [4.69, 9.17) is 0 Å². The average Bonchev–Trinajstić information content (AvgIpc) is 2.96. The third-order valence-electron chi connectivity index (χ3n) is 3.94. The number of allylic oxidation sites excluding steroid dienone is 4. The first-order valence-electron chi connectivity index (χ1n) is 7.98.